The average Bonchev–Trinajstić information content (AvgIpc) is 2.60. The van der Waals surface area contributed by atoms with Crippen molar-refractivity contribution >= 4 is 23.4 Å². The maximum absolute atomic E-state index is 12.6. The molecule has 2 aromatic carbocycles. The maximum Gasteiger partial charge on any atom is 0.255 e. The Morgan fingerprint density at radius 3 is 2.46 bits per heavy atom. The number of primary amides is 1. The Hall–Kier alpha value is -2.73. The number of nitrogens with two attached hydrogens (primary N) is 1. The highest BCUT2D eigenvalue weighted by Crippen LogP contribution is 2.36. The van der Waals surface area contributed by atoms with Gasteiger partial charge in [0.15, 0.2) is 18.1 Å². The zero-order chi connectivity index (χ0) is 19.3. The molecule has 2 amide bonds. The first-order valence-corrected chi connectivity index (χ1v) is 8.35. The lowest BCUT2D eigenvalue weighted by atomic mass is 10.1. The van der Waals surface area contributed by atoms with Crippen molar-refractivity contribution < 1.29 is 19.1 Å². The molecular weight excluding hydrogens is 356 g/mol. The lowest BCUT2D eigenvalue weighted by molar-refractivity contribution is -0.119. The third kappa shape index (κ3) is 4.89. The standard InChI is InChI=1S/C19H21ClN2O4/c1-11-4-6-13(7-5-11)12(2)22-19(24)14-8-15(20)18(16(9-14)25-3)26-10-17(21)23/h4-9,12H,10H2,1-3H3,(H2,21,23)(H,22,24). The van der Waals surface area contributed by atoms with Gasteiger partial charge < -0.3 is 20.5 Å². The fourth-order valence-electron chi connectivity index (χ4n) is 2.35. The fourth-order valence-corrected chi connectivity index (χ4v) is 2.62. The number of hydrogen-bond acceptors (Lipinski definition) is 4. The summed E-state index contributed by atoms with van der Waals surface area (Å²) < 4.78 is 10.5. The summed E-state index contributed by atoms with van der Waals surface area (Å²) in [4.78, 5) is 23.4. The number of hydrogen-bond donors (Lipinski definition) is 2. The molecule has 0 saturated carbocycles. The van der Waals surface area contributed by atoms with E-state index in [1.54, 1.807) is 0 Å². The Labute approximate surface area is 157 Å². The average molecular weight is 377 g/mol. The van der Waals surface area contributed by atoms with Crippen molar-refractivity contribution in [3.05, 3.63) is 58.1 Å². The number of amides is 2. The molecule has 2 aromatic rings. The molecule has 0 saturated heterocycles. The molecule has 0 aliphatic rings. The van der Waals surface area contributed by atoms with E-state index in [2.05, 4.69) is 5.32 Å². The van der Waals surface area contributed by atoms with Crippen LogP contribution in [0.2, 0.25) is 5.02 Å². The number of aryl methyl sites for hydroxylation is 1. The van der Waals surface area contributed by atoms with Gasteiger partial charge in [0.1, 0.15) is 0 Å². The van der Waals surface area contributed by atoms with Crippen LogP contribution in [0.4, 0.5) is 0 Å². The smallest absolute Gasteiger partial charge is 0.255 e. The van der Waals surface area contributed by atoms with Crippen molar-refractivity contribution in [2.75, 3.05) is 13.7 Å². The summed E-state index contributed by atoms with van der Waals surface area (Å²) in [6.07, 6.45) is 0. The van der Waals surface area contributed by atoms with Crippen LogP contribution in [0.25, 0.3) is 0 Å². The van der Waals surface area contributed by atoms with Crippen molar-refractivity contribution in [2.45, 2.75) is 19.9 Å². The number of halogens is 1. The molecule has 1 unspecified atom stereocenters. The van der Waals surface area contributed by atoms with Gasteiger partial charge in [-0.1, -0.05) is 41.4 Å². The number of nitrogens with one attached hydrogen (secondary N) is 1. The second kappa shape index (κ2) is 8.58. The molecule has 0 aliphatic heterocycles. The van der Waals surface area contributed by atoms with Crippen molar-refractivity contribution in [1.82, 2.24) is 5.32 Å². The Bertz CT molecular complexity index is 806. The number of rotatable bonds is 7. The van der Waals surface area contributed by atoms with E-state index in [1.807, 2.05) is 38.1 Å². The van der Waals surface area contributed by atoms with Gasteiger partial charge in [0.2, 0.25) is 0 Å². The molecule has 0 fully saturated rings. The van der Waals surface area contributed by atoms with Gasteiger partial charge in [0, 0.05) is 5.56 Å². The highest BCUT2D eigenvalue weighted by molar-refractivity contribution is 6.32. The lowest BCUT2D eigenvalue weighted by Gasteiger charge is -2.16. The highest BCUT2D eigenvalue weighted by atomic mass is 35.5. The van der Waals surface area contributed by atoms with E-state index < -0.39 is 5.91 Å². The summed E-state index contributed by atoms with van der Waals surface area (Å²) in [7, 11) is 1.42. The molecule has 26 heavy (non-hydrogen) atoms. The van der Waals surface area contributed by atoms with Gasteiger partial charge in [-0.25, -0.2) is 0 Å². The van der Waals surface area contributed by atoms with Crippen LogP contribution in [0.15, 0.2) is 36.4 Å². The Morgan fingerprint density at radius 2 is 1.88 bits per heavy atom. The van der Waals surface area contributed by atoms with Gasteiger partial charge in [0.25, 0.3) is 11.8 Å². The summed E-state index contributed by atoms with van der Waals surface area (Å²) in [5, 5.41) is 3.06. The molecule has 1 atom stereocenters. The van der Waals surface area contributed by atoms with Gasteiger partial charge in [0.05, 0.1) is 18.2 Å². The van der Waals surface area contributed by atoms with Crippen molar-refractivity contribution in [2.24, 2.45) is 5.73 Å². The molecule has 0 spiro atoms. The van der Waals surface area contributed by atoms with Crippen molar-refractivity contribution in [3.63, 3.8) is 0 Å². The number of carbonyl (C=O) groups is 2. The molecule has 2 rings (SSSR count). The van der Waals surface area contributed by atoms with Gasteiger partial charge in [-0.05, 0) is 31.5 Å². The lowest BCUT2D eigenvalue weighted by Crippen LogP contribution is -2.26. The highest BCUT2D eigenvalue weighted by Gasteiger charge is 2.18. The number of benzene rings is 2. The first kappa shape index (κ1) is 19.6. The van der Waals surface area contributed by atoms with E-state index in [4.69, 9.17) is 26.8 Å². The van der Waals surface area contributed by atoms with Crippen LogP contribution in [0, 0.1) is 6.92 Å². The van der Waals surface area contributed by atoms with Crippen LogP contribution in [0.1, 0.15) is 34.5 Å². The number of ether oxygens (including phenoxy) is 2. The van der Waals surface area contributed by atoms with Crippen LogP contribution in [0.5, 0.6) is 11.5 Å². The van der Waals surface area contributed by atoms with Gasteiger partial charge >= 0.3 is 0 Å². The largest absolute Gasteiger partial charge is 0.493 e. The normalized spacial score (nSPS) is 11.5. The van der Waals surface area contributed by atoms with E-state index in [1.165, 1.54) is 19.2 Å². The zero-order valence-electron chi connectivity index (χ0n) is 14.8. The van der Waals surface area contributed by atoms with Crippen LogP contribution in [0.3, 0.4) is 0 Å². The van der Waals surface area contributed by atoms with E-state index in [0.717, 1.165) is 11.1 Å². The molecule has 6 nitrogen and oxygen atoms in total. The molecule has 0 bridgehead atoms. The zero-order valence-corrected chi connectivity index (χ0v) is 15.6. The number of methoxy groups -OCH3 is 1. The summed E-state index contributed by atoms with van der Waals surface area (Å²) in [6.45, 7) is 3.56. The van der Waals surface area contributed by atoms with Crippen LogP contribution >= 0.6 is 11.6 Å². The summed E-state index contributed by atoms with van der Waals surface area (Å²) in [5.41, 5.74) is 7.52. The van der Waals surface area contributed by atoms with Crippen molar-refractivity contribution in [3.8, 4) is 11.5 Å². The summed E-state index contributed by atoms with van der Waals surface area (Å²) in [6, 6.07) is 10.7. The molecule has 7 heteroatoms. The minimum atomic E-state index is -0.642. The molecular formula is C19H21ClN2O4. The van der Waals surface area contributed by atoms with Crippen LogP contribution in [-0.4, -0.2) is 25.5 Å². The van der Waals surface area contributed by atoms with E-state index in [0.29, 0.717) is 5.56 Å². The monoisotopic (exact) mass is 376 g/mol. The molecule has 0 aromatic heterocycles. The topological polar surface area (TPSA) is 90.7 Å². The molecule has 0 heterocycles. The predicted molar refractivity (Wildman–Crippen MR) is 99.8 cm³/mol. The Balaban J connectivity index is 2.19. The van der Waals surface area contributed by atoms with Crippen LogP contribution < -0.4 is 20.5 Å². The number of carbonyl (C=O) groups excluding carboxylic acids is 2. The molecule has 0 radical (unpaired) electrons. The predicted octanol–water partition coefficient (Wildman–Crippen LogP) is 3.01. The minimum absolute atomic E-state index is 0.152. The van der Waals surface area contributed by atoms with Crippen LogP contribution in [-0.2, 0) is 4.79 Å². The summed E-state index contributed by atoms with van der Waals surface area (Å²) in [5.74, 6) is -0.542. The Kier molecular flexibility index (Phi) is 6.46. The minimum Gasteiger partial charge on any atom is -0.493 e. The second-order valence-corrected chi connectivity index (χ2v) is 6.26. The first-order chi connectivity index (χ1) is 12.3. The van der Waals surface area contributed by atoms with E-state index in [9.17, 15) is 9.59 Å². The fraction of sp³-hybridized carbons (Fsp3) is 0.263. The molecule has 3 N–H and O–H groups in total. The van der Waals surface area contributed by atoms with E-state index >= 15 is 0 Å². The van der Waals surface area contributed by atoms with Crippen molar-refractivity contribution in [1.29, 1.82) is 0 Å². The third-order valence-corrected chi connectivity index (χ3v) is 4.06. The maximum atomic E-state index is 12.6. The molecule has 0 aliphatic carbocycles. The van der Waals surface area contributed by atoms with Gasteiger partial charge in [-0.3, -0.25) is 9.59 Å². The second-order valence-electron chi connectivity index (χ2n) is 5.85. The Morgan fingerprint density at radius 1 is 1.23 bits per heavy atom. The molecule has 138 valence electrons. The van der Waals surface area contributed by atoms with E-state index in [-0.39, 0.29) is 35.1 Å². The third-order valence-electron chi connectivity index (χ3n) is 3.78. The SMILES string of the molecule is COc1cc(C(=O)NC(C)c2ccc(C)cc2)cc(Cl)c1OCC(N)=O. The van der Waals surface area contributed by atoms with Gasteiger partial charge in [-0.15, -0.1) is 0 Å². The summed E-state index contributed by atoms with van der Waals surface area (Å²) >= 11 is 6.17. The quantitative estimate of drug-likeness (QED) is 0.777. The van der Waals surface area contributed by atoms with Gasteiger partial charge in [-0.2, -0.15) is 0 Å². The first-order valence-electron chi connectivity index (χ1n) is 7.98.